The Bertz CT molecular complexity index is 1350. The first kappa shape index (κ1) is 20.7. The zero-order valence-corrected chi connectivity index (χ0v) is 18.6. The molecule has 0 saturated heterocycles. The number of benzene rings is 2. The Morgan fingerprint density at radius 2 is 1.94 bits per heavy atom. The Kier molecular flexibility index (Phi) is 5.22. The molecule has 1 aliphatic heterocycles. The van der Waals surface area contributed by atoms with Gasteiger partial charge in [0.15, 0.2) is 0 Å². The van der Waals surface area contributed by atoms with E-state index in [-0.39, 0.29) is 11.5 Å². The molecule has 3 heterocycles. The van der Waals surface area contributed by atoms with Gasteiger partial charge >= 0.3 is 0 Å². The molecule has 5 nitrogen and oxygen atoms in total. The molecule has 0 aliphatic carbocycles. The van der Waals surface area contributed by atoms with Crippen molar-refractivity contribution < 1.29 is 18.4 Å². The molecule has 9 heteroatoms. The first-order valence-electron chi connectivity index (χ1n) is 9.93. The van der Waals surface area contributed by atoms with Crippen molar-refractivity contribution in [2.45, 2.75) is 19.9 Å². The van der Waals surface area contributed by atoms with Crippen molar-refractivity contribution in [2.24, 2.45) is 0 Å². The number of fused-ring (bicyclic) bond motifs is 2. The lowest BCUT2D eigenvalue weighted by Crippen LogP contribution is -2.33. The number of nitrogens with one attached hydrogen (secondary N) is 1. The van der Waals surface area contributed by atoms with Crippen molar-refractivity contribution in [1.82, 2.24) is 9.88 Å². The summed E-state index contributed by atoms with van der Waals surface area (Å²) in [5, 5.41) is 4.12. The van der Waals surface area contributed by atoms with E-state index in [1.807, 2.05) is 24.3 Å². The van der Waals surface area contributed by atoms with Crippen LogP contribution < -0.4 is 5.32 Å². The number of hydrogen-bond acceptors (Lipinski definition) is 5. The molecule has 0 atom stereocenters. The van der Waals surface area contributed by atoms with Crippen LogP contribution in [0.1, 0.15) is 27.7 Å². The highest BCUT2D eigenvalue weighted by Gasteiger charge is 2.29. The maximum atomic E-state index is 14.2. The van der Waals surface area contributed by atoms with Crippen molar-refractivity contribution in [2.75, 3.05) is 11.9 Å². The van der Waals surface area contributed by atoms with Crippen LogP contribution in [0.25, 0.3) is 20.8 Å². The zero-order valence-electron chi connectivity index (χ0n) is 16.9. The van der Waals surface area contributed by atoms with Gasteiger partial charge in [0.25, 0.3) is 5.91 Å². The predicted molar refractivity (Wildman–Crippen MR) is 122 cm³/mol. The standard InChI is InChI=1S/C23H17F2N3O2S2/c1-12(29)28-9-8-15-19(11-28)32-23(27-21(30)14-7-6-13(24)10-16(14)25)20(15)22-26-17-4-2-3-5-18(17)31-22/h2-7,10H,8-9,11H2,1H3,(H,27,30). The van der Waals surface area contributed by atoms with Crippen molar-refractivity contribution in [3.8, 4) is 10.6 Å². The highest BCUT2D eigenvalue weighted by atomic mass is 32.1. The van der Waals surface area contributed by atoms with Crippen LogP contribution in [0, 0.1) is 11.6 Å². The van der Waals surface area contributed by atoms with Crippen molar-refractivity contribution in [1.29, 1.82) is 0 Å². The van der Waals surface area contributed by atoms with Gasteiger partial charge < -0.3 is 10.2 Å². The summed E-state index contributed by atoms with van der Waals surface area (Å²) in [4.78, 5) is 32.2. The third-order valence-corrected chi connectivity index (χ3v) is 7.60. The zero-order chi connectivity index (χ0) is 22.4. The quantitative estimate of drug-likeness (QED) is 0.433. The Morgan fingerprint density at radius 3 is 2.69 bits per heavy atom. The van der Waals surface area contributed by atoms with Gasteiger partial charge in [0.1, 0.15) is 21.6 Å². The fraction of sp³-hybridized carbons (Fsp3) is 0.174. The van der Waals surface area contributed by atoms with Crippen molar-refractivity contribution in [3.63, 3.8) is 0 Å². The lowest BCUT2D eigenvalue weighted by molar-refractivity contribution is -0.129. The van der Waals surface area contributed by atoms with Gasteiger partial charge in [-0.3, -0.25) is 9.59 Å². The number of carbonyl (C=O) groups excluding carboxylic acids is 2. The molecule has 0 fully saturated rings. The summed E-state index contributed by atoms with van der Waals surface area (Å²) < 4.78 is 28.5. The Labute approximate surface area is 190 Å². The van der Waals surface area contributed by atoms with E-state index in [0.717, 1.165) is 43.4 Å². The predicted octanol–water partition coefficient (Wildman–Crippen LogP) is 5.46. The molecule has 0 saturated carbocycles. The second-order valence-electron chi connectivity index (χ2n) is 7.46. The minimum Gasteiger partial charge on any atom is -0.337 e. The van der Waals surface area contributed by atoms with Crippen LogP contribution in [0.4, 0.5) is 13.8 Å². The van der Waals surface area contributed by atoms with E-state index in [2.05, 4.69) is 5.32 Å². The van der Waals surface area contributed by atoms with E-state index in [0.29, 0.717) is 30.6 Å². The Balaban J connectivity index is 1.59. The molecule has 5 rings (SSSR count). The normalized spacial score (nSPS) is 13.3. The van der Waals surface area contributed by atoms with Crippen LogP contribution >= 0.6 is 22.7 Å². The smallest absolute Gasteiger partial charge is 0.259 e. The Morgan fingerprint density at radius 1 is 1.12 bits per heavy atom. The summed E-state index contributed by atoms with van der Waals surface area (Å²) in [6, 6.07) is 10.6. The molecule has 0 spiro atoms. The van der Waals surface area contributed by atoms with E-state index >= 15 is 0 Å². The van der Waals surface area contributed by atoms with Gasteiger partial charge in [-0.15, -0.1) is 22.7 Å². The summed E-state index contributed by atoms with van der Waals surface area (Å²) in [5.41, 5.74) is 2.47. The number of hydrogen-bond donors (Lipinski definition) is 1. The maximum absolute atomic E-state index is 14.2. The SMILES string of the molecule is CC(=O)N1CCc2c(sc(NC(=O)c3ccc(F)cc3F)c2-c2nc3ccccc3s2)C1. The third kappa shape index (κ3) is 3.67. The van der Waals surface area contributed by atoms with Gasteiger partial charge in [-0.2, -0.15) is 0 Å². The second-order valence-corrected chi connectivity index (χ2v) is 9.60. The number of rotatable bonds is 3. The second kappa shape index (κ2) is 8.07. The molecular formula is C23H17F2N3O2S2. The van der Waals surface area contributed by atoms with Gasteiger partial charge in [0.05, 0.1) is 22.3 Å². The van der Waals surface area contributed by atoms with E-state index in [1.54, 1.807) is 4.90 Å². The van der Waals surface area contributed by atoms with Gasteiger partial charge in [0, 0.05) is 30.0 Å². The van der Waals surface area contributed by atoms with Crippen LogP contribution in [-0.2, 0) is 17.8 Å². The van der Waals surface area contributed by atoms with Crippen LogP contribution in [0.15, 0.2) is 42.5 Å². The van der Waals surface area contributed by atoms with E-state index in [1.165, 1.54) is 29.6 Å². The molecule has 1 N–H and O–H groups in total. The number of aromatic nitrogens is 1. The number of para-hydroxylation sites is 1. The number of halogens is 2. The minimum atomic E-state index is -0.923. The summed E-state index contributed by atoms with van der Waals surface area (Å²) in [6.07, 6.45) is 0.636. The fourth-order valence-corrected chi connectivity index (χ4v) is 6.18. The average Bonchev–Trinajstić information content (AvgIpc) is 3.33. The van der Waals surface area contributed by atoms with Crippen molar-refractivity contribution in [3.05, 3.63) is 70.1 Å². The number of thiophene rings is 1. The van der Waals surface area contributed by atoms with Crippen LogP contribution in [0.5, 0.6) is 0 Å². The summed E-state index contributed by atoms with van der Waals surface area (Å²) >= 11 is 2.88. The number of nitrogens with zero attached hydrogens (tertiary/aromatic N) is 2. The molecule has 0 radical (unpaired) electrons. The monoisotopic (exact) mass is 469 g/mol. The van der Waals surface area contributed by atoms with Gasteiger partial charge in [0.2, 0.25) is 5.91 Å². The van der Waals surface area contributed by atoms with Gasteiger partial charge in [-0.05, 0) is 36.2 Å². The summed E-state index contributed by atoms with van der Waals surface area (Å²) in [7, 11) is 0. The highest BCUT2D eigenvalue weighted by molar-refractivity contribution is 7.23. The van der Waals surface area contributed by atoms with E-state index < -0.39 is 17.5 Å². The molecular weight excluding hydrogens is 452 g/mol. The van der Waals surface area contributed by atoms with E-state index in [9.17, 15) is 18.4 Å². The Hall–Kier alpha value is -3.17. The van der Waals surface area contributed by atoms with Crippen LogP contribution in [0.2, 0.25) is 0 Å². The number of carbonyl (C=O) groups is 2. The molecule has 32 heavy (non-hydrogen) atoms. The van der Waals surface area contributed by atoms with Crippen molar-refractivity contribution >= 4 is 49.7 Å². The first-order chi connectivity index (χ1) is 15.4. The average molecular weight is 470 g/mol. The molecule has 0 bridgehead atoms. The van der Waals surface area contributed by atoms with Crippen LogP contribution in [-0.4, -0.2) is 28.2 Å². The third-order valence-electron chi connectivity index (χ3n) is 5.41. The molecule has 162 valence electrons. The summed E-state index contributed by atoms with van der Waals surface area (Å²) in [6.45, 7) is 2.57. The van der Waals surface area contributed by atoms with Gasteiger partial charge in [-0.25, -0.2) is 13.8 Å². The number of anilines is 1. The van der Waals surface area contributed by atoms with Crippen LogP contribution in [0.3, 0.4) is 0 Å². The fourth-order valence-electron chi connectivity index (χ4n) is 3.81. The van der Waals surface area contributed by atoms with E-state index in [4.69, 9.17) is 4.98 Å². The number of amides is 2. The molecule has 0 unspecified atom stereocenters. The largest absolute Gasteiger partial charge is 0.337 e. The molecule has 2 aromatic heterocycles. The topological polar surface area (TPSA) is 62.3 Å². The first-order valence-corrected chi connectivity index (χ1v) is 11.6. The lowest BCUT2D eigenvalue weighted by atomic mass is 10.0. The number of thiazole rings is 1. The molecule has 2 amide bonds. The summed E-state index contributed by atoms with van der Waals surface area (Å²) in [5.74, 6) is -2.34. The molecule has 1 aliphatic rings. The lowest BCUT2D eigenvalue weighted by Gasteiger charge is -2.26. The molecule has 4 aromatic rings. The minimum absolute atomic E-state index is 0.00967. The molecule has 2 aromatic carbocycles. The highest BCUT2D eigenvalue weighted by Crippen LogP contribution is 2.45. The van der Waals surface area contributed by atoms with Gasteiger partial charge in [-0.1, -0.05) is 12.1 Å². The maximum Gasteiger partial charge on any atom is 0.259 e.